The van der Waals surface area contributed by atoms with Crippen LogP contribution < -0.4 is 4.90 Å². The largest absolute Gasteiger partial charge is 0.390 e. The summed E-state index contributed by atoms with van der Waals surface area (Å²) in [5.41, 5.74) is 1.24. The van der Waals surface area contributed by atoms with Gasteiger partial charge in [-0.15, -0.1) is 0 Å². The molecule has 0 saturated heterocycles. The molecule has 0 aliphatic heterocycles. The van der Waals surface area contributed by atoms with Crippen molar-refractivity contribution in [2.24, 2.45) is 0 Å². The minimum atomic E-state index is -4.25. The molecule has 0 fully saturated rings. The average Bonchev–Trinajstić information content (AvgIpc) is 2.38. The second kappa shape index (κ2) is 6.63. The standard InChI is InChI=1S/C14H19F3N2O/c1-4-19(9-8-14(15,16)17)13(20)11-6-5-7-12(10-11)18(2)3/h5-7,10H,4,8-9H2,1-3H3. The van der Waals surface area contributed by atoms with Gasteiger partial charge in [0.05, 0.1) is 6.42 Å². The molecule has 0 aliphatic carbocycles. The van der Waals surface area contributed by atoms with E-state index in [0.29, 0.717) is 5.56 Å². The summed E-state index contributed by atoms with van der Waals surface area (Å²) in [7, 11) is 3.68. The molecular weight excluding hydrogens is 269 g/mol. The third-order valence-corrected chi connectivity index (χ3v) is 2.94. The zero-order valence-corrected chi connectivity index (χ0v) is 11.9. The first-order valence-corrected chi connectivity index (χ1v) is 6.38. The number of anilines is 1. The Balaban J connectivity index is 2.83. The van der Waals surface area contributed by atoms with Crippen molar-refractivity contribution in [2.75, 3.05) is 32.1 Å². The van der Waals surface area contributed by atoms with Gasteiger partial charge in [0.2, 0.25) is 0 Å². The van der Waals surface area contributed by atoms with Crippen molar-refractivity contribution in [1.82, 2.24) is 4.90 Å². The minimum Gasteiger partial charge on any atom is -0.378 e. The van der Waals surface area contributed by atoms with Crippen LogP contribution >= 0.6 is 0 Å². The van der Waals surface area contributed by atoms with Crippen LogP contribution in [0.5, 0.6) is 0 Å². The van der Waals surface area contributed by atoms with Crippen molar-refractivity contribution in [3.8, 4) is 0 Å². The van der Waals surface area contributed by atoms with Crippen LogP contribution in [0.1, 0.15) is 23.7 Å². The zero-order valence-electron chi connectivity index (χ0n) is 11.9. The highest BCUT2D eigenvalue weighted by atomic mass is 19.4. The first kappa shape index (κ1) is 16.3. The summed E-state index contributed by atoms with van der Waals surface area (Å²) >= 11 is 0. The molecule has 0 aromatic heterocycles. The first-order valence-electron chi connectivity index (χ1n) is 6.38. The molecule has 3 nitrogen and oxygen atoms in total. The van der Waals surface area contributed by atoms with Crippen LogP contribution in [0.2, 0.25) is 0 Å². The Bertz CT molecular complexity index is 458. The van der Waals surface area contributed by atoms with Crippen molar-refractivity contribution in [3.63, 3.8) is 0 Å². The molecule has 0 atom stereocenters. The molecule has 0 aliphatic rings. The fourth-order valence-electron chi connectivity index (χ4n) is 1.76. The van der Waals surface area contributed by atoms with Crippen molar-refractivity contribution >= 4 is 11.6 Å². The van der Waals surface area contributed by atoms with Gasteiger partial charge >= 0.3 is 6.18 Å². The van der Waals surface area contributed by atoms with Crippen molar-refractivity contribution in [3.05, 3.63) is 29.8 Å². The third kappa shape index (κ3) is 4.75. The van der Waals surface area contributed by atoms with E-state index in [9.17, 15) is 18.0 Å². The Morgan fingerprint density at radius 3 is 2.40 bits per heavy atom. The second-order valence-corrected chi connectivity index (χ2v) is 4.69. The van der Waals surface area contributed by atoms with E-state index in [2.05, 4.69) is 0 Å². The molecule has 1 aromatic carbocycles. The number of carbonyl (C=O) groups excluding carboxylic acids is 1. The molecule has 6 heteroatoms. The van der Waals surface area contributed by atoms with E-state index in [0.717, 1.165) is 5.69 Å². The maximum absolute atomic E-state index is 12.2. The normalized spacial score (nSPS) is 11.3. The van der Waals surface area contributed by atoms with Crippen molar-refractivity contribution < 1.29 is 18.0 Å². The highest BCUT2D eigenvalue weighted by molar-refractivity contribution is 5.95. The lowest BCUT2D eigenvalue weighted by molar-refractivity contribution is -0.136. The summed E-state index contributed by atoms with van der Waals surface area (Å²) in [4.78, 5) is 15.3. The Morgan fingerprint density at radius 2 is 1.90 bits per heavy atom. The van der Waals surface area contributed by atoms with Gasteiger partial charge in [-0.3, -0.25) is 4.79 Å². The molecule has 0 saturated carbocycles. The van der Waals surface area contributed by atoms with E-state index in [-0.39, 0.29) is 19.0 Å². The van der Waals surface area contributed by atoms with Crippen molar-refractivity contribution in [1.29, 1.82) is 0 Å². The van der Waals surface area contributed by atoms with Gasteiger partial charge in [-0.2, -0.15) is 13.2 Å². The van der Waals surface area contributed by atoms with Gasteiger partial charge < -0.3 is 9.80 Å². The quantitative estimate of drug-likeness (QED) is 0.831. The number of rotatable bonds is 5. The summed E-state index contributed by atoms with van der Waals surface area (Å²) < 4.78 is 36.7. The highest BCUT2D eigenvalue weighted by Crippen LogP contribution is 2.21. The van der Waals surface area contributed by atoms with Crippen LogP contribution in [0.15, 0.2) is 24.3 Å². The van der Waals surface area contributed by atoms with E-state index < -0.39 is 12.6 Å². The number of hydrogen-bond donors (Lipinski definition) is 0. The topological polar surface area (TPSA) is 23.6 Å². The van der Waals surface area contributed by atoms with Crippen LogP contribution in [-0.2, 0) is 0 Å². The lowest BCUT2D eigenvalue weighted by atomic mass is 10.1. The Kier molecular flexibility index (Phi) is 5.42. The van der Waals surface area contributed by atoms with Gasteiger partial charge in [0.1, 0.15) is 0 Å². The molecule has 0 bridgehead atoms. The van der Waals surface area contributed by atoms with Gasteiger partial charge in [-0.05, 0) is 25.1 Å². The Hall–Kier alpha value is -1.72. The molecule has 0 radical (unpaired) electrons. The fraction of sp³-hybridized carbons (Fsp3) is 0.500. The lowest BCUT2D eigenvalue weighted by Gasteiger charge is -2.22. The number of carbonyl (C=O) groups is 1. The monoisotopic (exact) mass is 288 g/mol. The third-order valence-electron chi connectivity index (χ3n) is 2.94. The number of alkyl halides is 3. The molecular formula is C14H19F3N2O. The summed E-state index contributed by atoms with van der Waals surface area (Å²) in [6, 6.07) is 6.85. The first-order chi connectivity index (χ1) is 9.24. The Labute approximate surface area is 117 Å². The molecule has 112 valence electrons. The predicted octanol–water partition coefficient (Wildman–Crippen LogP) is 3.17. The summed E-state index contributed by atoms with van der Waals surface area (Å²) in [6.45, 7) is 1.61. The molecule has 0 N–H and O–H groups in total. The summed E-state index contributed by atoms with van der Waals surface area (Å²) in [5, 5.41) is 0. The molecule has 0 heterocycles. The zero-order chi connectivity index (χ0) is 15.3. The van der Waals surface area contributed by atoms with E-state index >= 15 is 0 Å². The predicted molar refractivity (Wildman–Crippen MR) is 73.0 cm³/mol. The summed E-state index contributed by atoms with van der Waals surface area (Å²) in [5.74, 6) is -0.375. The van der Waals surface area contributed by atoms with Gasteiger partial charge in [0.15, 0.2) is 0 Å². The smallest absolute Gasteiger partial charge is 0.378 e. The molecule has 1 aromatic rings. The molecule has 0 unspecified atom stereocenters. The number of halogens is 3. The van der Waals surface area contributed by atoms with Gasteiger partial charge in [-0.25, -0.2) is 0 Å². The van der Waals surface area contributed by atoms with E-state index in [1.54, 1.807) is 25.1 Å². The highest BCUT2D eigenvalue weighted by Gasteiger charge is 2.28. The maximum Gasteiger partial charge on any atom is 0.390 e. The molecule has 0 spiro atoms. The van der Waals surface area contributed by atoms with Crippen LogP contribution in [0.3, 0.4) is 0 Å². The fourth-order valence-corrected chi connectivity index (χ4v) is 1.76. The van der Waals surface area contributed by atoms with E-state index in [4.69, 9.17) is 0 Å². The van der Waals surface area contributed by atoms with Crippen molar-refractivity contribution in [2.45, 2.75) is 19.5 Å². The van der Waals surface area contributed by atoms with Gasteiger partial charge in [0.25, 0.3) is 5.91 Å². The lowest BCUT2D eigenvalue weighted by Crippen LogP contribution is -2.34. The van der Waals surface area contributed by atoms with Crippen LogP contribution in [0.25, 0.3) is 0 Å². The van der Waals surface area contributed by atoms with E-state index in [1.165, 1.54) is 4.90 Å². The number of nitrogens with zero attached hydrogens (tertiary/aromatic N) is 2. The van der Waals surface area contributed by atoms with Gasteiger partial charge in [-0.1, -0.05) is 6.07 Å². The Morgan fingerprint density at radius 1 is 1.25 bits per heavy atom. The molecule has 1 rings (SSSR count). The number of amides is 1. The summed E-state index contributed by atoms with van der Waals surface area (Å²) in [6.07, 6.45) is -5.24. The minimum absolute atomic E-state index is 0.251. The molecule has 1 amide bonds. The van der Waals surface area contributed by atoms with Crippen LogP contribution in [0.4, 0.5) is 18.9 Å². The SMILES string of the molecule is CCN(CCC(F)(F)F)C(=O)c1cccc(N(C)C)c1. The van der Waals surface area contributed by atoms with Crippen LogP contribution in [-0.4, -0.2) is 44.2 Å². The molecule has 20 heavy (non-hydrogen) atoms. The maximum atomic E-state index is 12.2. The number of hydrogen-bond acceptors (Lipinski definition) is 2. The van der Waals surface area contributed by atoms with Crippen LogP contribution in [0, 0.1) is 0 Å². The average molecular weight is 288 g/mol. The second-order valence-electron chi connectivity index (χ2n) is 4.69. The number of benzene rings is 1. The van der Waals surface area contributed by atoms with E-state index in [1.807, 2.05) is 25.1 Å². The van der Waals surface area contributed by atoms with Gasteiger partial charge in [0, 0.05) is 38.4 Å².